The van der Waals surface area contributed by atoms with E-state index in [1.165, 1.54) is 0 Å². The Balaban J connectivity index is 1.83. The predicted molar refractivity (Wildman–Crippen MR) is 77.0 cm³/mol. The van der Waals surface area contributed by atoms with E-state index < -0.39 is 0 Å². The number of likely N-dealkylation sites (N-methyl/N-ethyl adjacent to an activating group) is 1. The highest BCUT2D eigenvalue weighted by Crippen LogP contribution is 2.10. The van der Waals surface area contributed by atoms with Crippen LogP contribution < -0.4 is 16.4 Å². The molecule has 1 aliphatic heterocycles. The molecular weight excluding hydrogens is 240 g/mol. The lowest BCUT2D eigenvalue weighted by Gasteiger charge is -2.30. The Morgan fingerprint density at radius 3 is 2.79 bits per heavy atom. The number of anilines is 1. The molecule has 1 aliphatic rings. The van der Waals surface area contributed by atoms with E-state index in [0.717, 1.165) is 37.2 Å². The summed E-state index contributed by atoms with van der Waals surface area (Å²) in [5.74, 6) is 0. The predicted octanol–water partition coefficient (Wildman–Crippen LogP) is 1.36. The van der Waals surface area contributed by atoms with E-state index in [1.807, 2.05) is 24.3 Å². The van der Waals surface area contributed by atoms with Gasteiger partial charge in [0.15, 0.2) is 0 Å². The van der Waals surface area contributed by atoms with E-state index in [2.05, 4.69) is 22.6 Å². The molecule has 1 fully saturated rings. The quantitative estimate of drug-likeness (QED) is 0.770. The topological polar surface area (TPSA) is 70.4 Å². The highest BCUT2D eigenvalue weighted by atomic mass is 16.2. The van der Waals surface area contributed by atoms with Crippen molar-refractivity contribution < 1.29 is 4.79 Å². The van der Waals surface area contributed by atoms with Gasteiger partial charge in [-0.05, 0) is 44.1 Å². The van der Waals surface area contributed by atoms with E-state index in [-0.39, 0.29) is 12.1 Å². The first kappa shape index (κ1) is 13.8. The van der Waals surface area contributed by atoms with Crippen LogP contribution in [0.1, 0.15) is 18.4 Å². The van der Waals surface area contributed by atoms with Gasteiger partial charge < -0.3 is 21.3 Å². The number of amides is 2. The Labute approximate surface area is 114 Å². The summed E-state index contributed by atoms with van der Waals surface area (Å²) in [5, 5.41) is 5.86. The summed E-state index contributed by atoms with van der Waals surface area (Å²) in [6, 6.07) is 7.68. The van der Waals surface area contributed by atoms with Crippen molar-refractivity contribution in [2.45, 2.75) is 25.4 Å². The first-order valence-corrected chi connectivity index (χ1v) is 6.72. The number of likely N-dealkylation sites (tertiary alicyclic amines) is 1. The maximum Gasteiger partial charge on any atom is 0.319 e. The van der Waals surface area contributed by atoms with Gasteiger partial charge in [0.1, 0.15) is 0 Å². The van der Waals surface area contributed by atoms with Crippen LogP contribution in [0.2, 0.25) is 0 Å². The van der Waals surface area contributed by atoms with Crippen LogP contribution in [0.5, 0.6) is 0 Å². The molecule has 1 saturated heterocycles. The summed E-state index contributed by atoms with van der Waals surface area (Å²) in [6.45, 7) is 2.54. The molecule has 104 valence electrons. The van der Waals surface area contributed by atoms with E-state index in [0.29, 0.717) is 6.54 Å². The molecule has 2 rings (SSSR count). The van der Waals surface area contributed by atoms with Gasteiger partial charge in [0, 0.05) is 24.8 Å². The number of benzene rings is 1. The zero-order chi connectivity index (χ0) is 13.7. The minimum absolute atomic E-state index is 0.138. The number of urea groups is 1. The number of rotatable bonds is 3. The third kappa shape index (κ3) is 4.22. The van der Waals surface area contributed by atoms with Crippen molar-refractivity contribution >= 4 is 11.7 Å². The number of nitrogens with one attached hydrogen (secondary N) is 2. The Morgan fingerprint density at radius 2 is 2.16 bits per heavy atom. The molecule has 5 nitrogen and oxygen atoms in total. The first-order valence-electron chi connectivity index (χ1n) is 6.72. The van der Waals surface area contributed by atoms with E-state index in [4.69, 9.17) is 5.73 Å². The van der Waals surface area contributed by atoms with Crippen molar-refractivity contribution in [2.24, 2.45) is 5.73 Å². The Morgan fingerprint density at radius 1 is 1.42 bits per heavy atom. The molecule has 1 aromatic rings. The summed E-state index contributed by atoms with van der Waals surface area (Å²) in [4.78, 5) is 14.1. The van der Waals surface area contributed by atoms with Crippen molar-refractivity contribution in [2.75, 3.05) is 25.5 Å². The van der Waals surface area contributed by atoms with Crippen LogP contribution in [0.3, 0.4) is 0 Å². The maximum absolute atomic E-state index is 11.9. The van der Waals surface area contributed by atoms with Crippen molar-refractivity contribution in [1.29, 1.82) is 0 Å². The summed E-state index contributed by atoms with van der Waals surface area (Å²) >= 11 is 0. The summed E-state index contributed by atoms with van der Waals surface area (Å²) in [6.07, 6.45) is 2.18. The van der Waals surface area contributed by atoms with Crippen LogP contribution in [-0.4, -0.2) is 37.1 Å². The van der Waals surface area contributed by atoms with Gasteiger partial charge in [-0.3, -0.25) is 0 Å². The van der Waals surface area contributed by atoms with Crippen molar-refractivity contribution in [3.63, 3.8) is 0 Å². The van der Waals surface area contributed by atoms with E-state index in [9.17, 15) is 4.79 Å². The molecule has 0 saturated carbocycles. The van der Waals surface area contributed by atoms with Gasteiger partial charge in [-0.2, -0.15) is 0 Å². The molecule has 0 aliphatic carbocycles. The second-order valence-electron chi connectivity index (χ2n) is 5.10. The van der Waals surface area contributed by atoms with Crippen LogP contribution in [-0.2, 0) is 6.54 Å². The van der Waals surface area contributed by atoms with Gasteiger partial charge in [0.25, 0.3) is 0 Å². The fourth-order valence-electron chi connectivity index (χ4n) is 2.36. The number of carbonyl (C=O) groups excluding carboxylic acids is 1. The SMILES string of the molecule is CN1CCCC(NC(=O)Nc2ccc(CN)cc2)C1. The number of carbonyl (C=O) groups is 1. The lowest BCUT2D eigenvalue weighted by Crippen LogP contribution is -2.47. The third-order valence-corrected chi connectivity index (χ3v) is 3.41. The normalized spacial score (nSPS) is 20.0. The molecule has 5 heteroatoms. The van der Waals surface area contributed by atoms with Crippen molar-refractivity contribution in [1.82, 2.24) is 10.2 Å². The van der Waals surface area contributed by atoms with Crippen LogP contribution in [0.4, 0.5) is 10.5 Å². The number of hydrogen-bond donors (Lipinski definition) is 3. The average Bonchev–Trinajstić information content (AvgIpc) is 2.39. The van der Waals surface area contributed by atoms with Gasteiger partial charge in [-0.25, -0.2) is 4.79 Å². The van der Waals surface area contributed by atoms with Crippen molar-refractivity contribution in [3.8, 4) is 0 Å². The summed E-state index contributed by atoms with van der Waals surface area (Å²) in [7, 11) is 2.08. The maximum atomic E-state index is 11.9. The van der Waals surface area contributed by atoms with Gasteiger partial charge in [0.2, 0.25) is 0 Å². The lowest BCUT2D eigenvalue weighted by molar-refractivity contribution is 0.216. The Bertz CT molecular complexity index is 418. The zero-order valence-electron chi connectivity index (χ0n) is 11.4. The molecule has 4 N–H and O–H groups in total. The molecule has 1 aromatic carbocycles. The van der Waals surface area contributed by atoms with Crippen LogP contribution in [0.25, 0.3) is 0 Å². The van der Waals surface area contributed by atoms with Crippen LogP contribution in [0.15, 0.2) is 24.3 Å². The summed E-state index contributed by atoms with van der Waals surface area (Å²) < 4.78 is 0. The second-order valence-corrected chi connectivity index (χ2v) is 5.10. The van der Waals surface area contributed by atoms with Gasteiger partial charge in [-0.1, -0.05) is 12.1 Å². The Hall–Kier alpha value is -1.59. The highest BCUT2D eigenvalue weighted by molar-refractivity contribution is 5.89. The molecule has 1 atom stereocenters. The van der Waals surface area contributed by atoms with E-state index >= 15 is 0 Å². The minimum atomic E-state index is -0.138. The van der Waals surface area contributed by atoms with Gasteiger partial charge in [-0.15, -0.1) is 0 Å². The monoisotopic (exact) mass is 262 g/mol. The second kappa shape index (κ2) is 6.54. The third-order valence-electron chi connectivity index (χ3n) is 3.41. The van der Waals surface area contributed by atoms with Crippen LogP contribution in [0, 0.1) is 0 Å². The Kier molecular flexibility index (Phi) is 4.76. The van der Waals surface area contributed by atoms with Gasteiger partial charge >= 0.3 is 6.03 Å². The highest BCUT2D eigenvalue weighted by Gasteiger charge is 2.18. The molecule has 0 spiro atoms. The average molecular weight is 262 g/mol. The fourth-order valence-corrected chi connectivity index (χ4v) is 2.36. The van der Waals surface area contributed by atoms with Gasteiger partial charge in [0.05, 0.1) is 0 Å². The van der Waals surface area contributed by atoms with Crippen molar-refractivity contribution in [3.05, 3.63) is 29.8 Å². The molecule has 1 heterocycles. The lowest BCUT2D eigenvalue weighted by atomic mass is 10.1. The zero-order valence-corrected chi connectivity index (χ0v) is 11.4. The largest absolute Gasteiger partial charge is 0.334 e. The molecule has 19 heavy (non-hydrogen) atoms. The first-order chi connectivity index (χ1) is 9.17. The number of nitrogens with zero attached hydrogens (tertiary/aromatic N) is 1. The summed E-state index contributed by atoms with van der Waals surface area (Å²) in [5.41, 5.74) is 7.38. The number of hydrogen-bond acceptors (Lipinski definition) is 3. The molecule has 1 unspecified atom stereocenters. The molecule has 0 bridgehead atoms. The smallest absolute Gasteiger partial charge is 0.319 e. The number of piperidine rings is 1. The number of nitrogens with two attached hydrogens (primary N) is 1. The standard InChI is InChI=1S/C14H22N4O/c1-18-8-2-3-13(10-18)17-14(19)16-12-6-4-11(9-15)5-7-12/h4-7,13H,2-3,8-10,15H2,1H3,(H2,16,17,19). The molecule has 0 aromatic heterocycles. The van der Waals surface area contributed by atoms with E-state index in [1.54, 1.807) is 0 Å². The molecular formula is C14H22N4O. The molecule has 2 amide bonds. The molecule has 0 radical (unpaired) electrons. The van der Waals surface area contributed by atoms with Crippen LogP contribution >= 0.6 is 0 Å². The minimum Gasteiger partial charge on any atom is -0.334 e. The fraction of sp³-hybridized carbons (Fsp3) is 0.500.